The van der Waals surface area contributed by atoms with Crippen LogP contribution in [-0.4, -0.2) is 58.3 Å². The highest BCUT2D eigenvalue weighted by molar-refractivity contribution is 7.99. The average Bonchev–Trinajstić information content (AvgIpc) is 2.71. The summed E-state index contributed by atoms with van der Waals surface area (Å²) in [7, 11) is 0. The SMILES string of the molecule is CCNC(=O)NC(=O)CSc1nc2ccccc2c(=O)n1CCCN(CC)CC. The number of hydrogen-bond acceptors (Lipinski definition) is 6. The van der Waals surface area contributed by atoms with Crippen LogP contribution in [0.3, 0.4) is 0 Å². The summed E-state index contributed by atoms with van der Waals surface area (Å²) in [5.41, 5.74) is 0.492. The summed E-state index contributed by atoms with van der Waals surface area (Å²) in [4.78, 5) is 43.4. The van der Waals surface area contributed by atoms with Crippen LogP contribution in [0, 0.1) is 0 Å². The van der Waals surface area contributed by atoms with Gasteiger partial charge in [-0.05, 0) is 45.1 Å². The number of nitrogens with one attached hydrogen (secondary N) is 2. The molecular formula is C20H29N5O3S. The van der Waals surface area contributed by atoms with Crippen LogP contribution in [0.2, 0.25) is 0 Å². The first kappa shape index (κ1) is 22.9. The average molecular weight is 420 g/mol. The lowest BCUT2D eigenvalue weighted by molar-refractivity contribution is -0.117. The number of imide groups is 1. The third-order valence-corrected chi connectivity index (χ3v) is 5.48. The van der Waals surface area contributed by atoms with E-state index in [0.717, 1.165) is 37.8 Å². The van der Waals surface area contributed by atoms with Gasteiger partial charge in [-0.1, -0.05) is 37.7 Å². The number of benzene rings is 1. The predicted octanol–water partition coefficient (Wildman–Crippen LogP) is 2.07. The van der Waals surface area contributed by atoms with Crippen molar-refractivity contribution in [1.29, 1.82) is 0 Å². The second kappa shape index (κ2) is 11.6. The van der Waals surface area contributed by atoms with Crippen LogP contribution in [0.25, 0.3) is 10.9 Å². The molecule has 0 aliphatic carbocycles. The molecule has 0 saturated carbocycles. The molecule has 29 heavy (non-hydrogen) atoms. The lowest BCUT2D eigenvalue weighted by Gasteiger charge is -2.19. The smallest absolute Gasteiger partial charge is 0.321 e. The van der Waals surface area contributed by atoms with Gasteiger partial charge in [-0.15, -0.1) is 0 Å². The monoisotopic (exact) mass is 419 g/mol. The number of rotatable bonds is 10. The lowest BCUT2D eigenvalue weighted by Crippen LogP contribution is -2.40. The highest BCUT2D eigenvalue weighted by Gasteiger charge is 2.14. The maximum absolute atomic E-state index is 13.0. The first-order valence-corrected chi connectivity index (χ1v) is 10.9. The summed E-state index contributed by atoms with van der Waals surface area (Å²) in [5.74, 6) is -0.434. The minimum Gasteiger partial charge on any atom is -0.338 e. The molecule has 0 atom stereocenters. The molecule has 0 fully saturated rings. The zero-order valence-electron chi connectivity index (χ0n) is 17.2. The molecule has 1 heterocycles. The number of carbonyl (C=O) groups excluding carboxylic acids is 2. The summed E-state index contributed by atoms with van der Waals surface area (Å²) in [5, 5.41) is 5.82. The molecule has 2 N–H and O–H groups in total. The summed E-state index contributed by atoms with van der Waals surface area (Å²) < 4.78 is 1.63. The van der Waals surface area contributed by atoms with Crippen molar-refractivity contribution in [2.24, 2.45) is 0 Å². The van der Waals surface area contributed by atoms with Crippen LogP contribution in [-0.2, 0) is 11.3 Å². The van der Waals surface area contributed by atoms with Crippen LogP contribution in [0.15, 0.2) is 34.2 Å². The van der Waals surface area contributed by atoms with E-state index in [1.54, 1.807) is 23.6 Å². The quantitative estimate of drug-likeness (QED) is 0.452. The van der Waals surface area contributed by atoms with Gasteiger partial charge in [0.1, 0.15) is 0 Å². The third kappa shape index (κ3) is 6.57. The Balaban J connectivity index is 2.19. The molecule has 2 rings (SSSR count). The Bertz CT molecular complexity index is 895. The van der Waals surface area contributed by atoms with Crippen LogP contribution in [0.1, 0.15) is 27.2 Å². The summed E-state index contributed by atoms with van der Waals surface area (Å²) in [6.07, 6.45) is 0.806. The Morgan fingerprint density at radius 2 is 1.90 bits per heavy atom. The number of thioether (sulfide) groups is 1. The maximum atomic E-state index is 13.0. The molecule has 0 unspecified atom stereocenters. The van der Waals surface area contributed by atoms with Crippen LogP contribution in [0.4, 0.5) is 4.79 Å². The second-order valence-electron chi connectivity index (χ2n) is 6.45. The molecule has 1 aromatic carbocycles. The van der Waals surface area contributed by atoms with Gasteiger partial charge in [0.25, 0.3) is 5.56 Å². The Kier molecular flexibility index (Phi) is 9.14. The van der Waals surface area contributed by atoms with E-state index in [9.17, 15) is 14.4 Å². The van der Waals surface area contributed by atoms with Crippen molar-refractivity contribution >= 4 is 34.6 Å². The highest BCUT2D eigenvalue weighted by atomic mass is 32.2. The summed E-state index contributed by atoms with van der Waals surface area (Å²) in [6.45, 7) is 9.76. The molecule has 0 saturated heterocycles. The number of amides is 3. The maximum Gasteiger partial charge on any atom is 0.321 e. The topological polar surface area (TPSA) is 96.3 Å². The first-order valence-electron chi connectivity index (χ1n) is 9.92. The van der Waals surface area contributed by atoms with Crippen LogP contribution >= 0.6 is 11.8 Å². The van der Waals surface area contributed by atoms with Gasteiger partial charge in [0.15, 0.2) is 5.16 Å². The van der Waals surface area contributed by atoms with E-state index in [0.29, 0.717) is 29.1 Å². The molecule has 158 valence electrons. The van der Waals surface area contributed by atoms with Crippen molar-refractivity contribution in [3.63, 3.8) is 0 Å². The van der Waals surface area contributed by atoms with Gasteiger partial charge in [0.2, 0.25) is 5.91 Å². The van der Waals surface area contributed by atoms with Gasteiger partial charge in [-0.2, -0.15) is 0 Å². The fourth-order valence-electron chi connectivity index (χ4n) is 2.94. The van der Waals surface area contributed by atoms with Crippen molar-refractivity contribution in [3.05, 3.63) is 34.6 Å². The largest absolute Gasteiger partial charge is 0.338 e. The molecule has 8 nitrogen and oxygen atoms in total. The van der Waals surface area contributed by atoms with Crippen LogP contribution < -0.4 is 16.2 Å². The Morgan fingerprint density at radius 1 is 1.17 bits per heavy atom. The van der Waals surface area contributed by atoms with Crippen LogP contribution in [0.5, 0.6) is 0 Å². The van der Waals surface area contributed by atoms with Gasteiger partial charge < -0.3 is 10.2 Å². The number of fused-ring (bicyclic) bond motifs is 1. The number of carbonyl (C=O) groups is 2. The van der Waals surface area contributed by atoms with Gasteiger partial charge in [-0.3, -0.25) is 19.5 Å². The number of urea groups is 1. The zero-order valence-corrected chi connectivity index (χ0v) is 18.1. The molecule has 3 amide bonds. The number of aromatic nitrogens is 2. The standard InChI is InChI=1S/C20H29N5O3S/c1-4-21-19(28)23-17(26)14-29-20-22-16-11-8-7-10-15(16)18(27)25(20)13-9-12-24(5-2)6-3/h7-8,10-11H,4-6,9,12-14H2,1-3H3,(H2,21,23,26,28). The van der Waals surface area contributed by atoms with E-state index in [-0.39, 0.29) is 11.3 Å². The van der Waals surface area contributed by atoms with E-state index in [1.165, 1.54) is 0 Å². The number of nitrogens with zero attached hydrogens (tertiary/aromatic N) is 3. The van der Waals surface area contributed by atoms with Crippen molar-refractivity contribution in [1.82, 2.24) is 25.1 Å². The second-order valence-corrected chi connectivity index (χ2v) is 7.39. The molecule has 1 aromatic heterocycles. The molecular weight excluding hydrogens is 390 g/mol. The predicted molar refractivity (Wildman–Crippen MR) is 116 cm³/mol. The highest BCUT2D eigenvalue weighted by Crippen LogP contribution is 2.18. The fourth-order valence-corrected chi connectivity index (χ4v) is 3.77. The molecule has 0 aliphatic rings. The van der Waals surface area contributed by atoms with Crippen molar-refractivity contribution < 1.29 is 9.59 Å². The molecule has 0 radical (unpaired) electrons. The molecule has 0 bridgehead atoms. The van der Waals surface area contributed by atoms with E-state index in [1.807, 2.05) is 12.1 Å². The van der Waals surface area contributed by atoms with Gasteiger partial charge >= 0.3 is 6.03 Å². The molecule has 2 aromatic rings. The van der Waals surface area contributed by atoms with Crippen molar-refractivity contribution in [2.45, 2.75) is 38.9 Å². The van der Waals surface area contributed by atoms with E-state index >= 15 is 0 Å². The van der Waals surface area contributed by atoms with E-state index in [2.05, 4.69) is 34.4 Å². The van der Waals surface area contributed by atoms with E-state index < -0.39 is 11.9 Å². The minimum absolute atomic E-state index is 0.00202. The normalized spacial score (nSPS) is 11.0. The summed E-state index contributed by atoms with van der Waals surface area (Å²) in [6, 6.07) is 6.67. The van der Waals surface area contributed by atoms with E-state index in [4.69, 9.17) is 0 Å². The Labute approximate surface area is 175 Å². The zero-order chi connectivity index (χ0) is 21.2. The third-order valence-electron chi connectivity index (χ3n) is 4.50. The number of para-hydroxylation sites is 1. The molecule has 0 spiro atoms. The van der Waals surface area contributed by atoms with Crippen molar-refractivity contribution in [2.75, 3.05) is 31.9 Å². The lowest BCUT2D eigenvalue weighted by atomic mass is 10.2. The summed E-state index contributed by atoms with van der Waals surface area (Å²) >= 11 is 1.16. The molecule has 0 aliphatic heterocycles. The Morgan fingerprint density at radius 3 is 2.59 bits per heavy atom. The van der Waals surface area contributed by atoms with Gasteiger partial charge in [0.05, 0.1) is 16.7 Å². The van der Waals surface area contributed by atoms with Gasteiger partial charge in [-0.25, -0.2) is 9.78 Å². The van der Waals surface area contributed by atoms with Crippen molar-refractivity contribution in [3.8, 4) is 0 Å². The fraction of sp³-hybridized carbons (Fsp3) is 0.500. The molecule has 9 heteroatoms. The minimum atomic E-state index is -0.527. The number of hydrogen-bond donors (Lipinski definition) is 2. The van der Waals surface area contributed by atoms with Gasteiger partial charge in [0, 0.05) is 13.1 Å². The Hall–Kier alpha value is -2.39. The first-order chi connectivity index (χ1) is 14.0.